The van der Waals surface area contributed by atoms with Crippen molar-refractivity contribution in [2.45, 2.75) is 38.6 Å². The summed E-state index contributed by atoms with van der Waals surface area (Å²) in [7, 11) is 1.90. The van der Waals surface area contributed by atoms with E-state index in [0.717, 1.165) is 53.3 Å². The van der Waals surface area contributed by atoms with Crippen molar-refractivity contribution in [3.8, 4) is 22.8 Å². The summed E-state index contributed by atoms with van der Waals surface area (Å²) in [6.45, 7) is 1.88. The Morgan fingerprint density at radius 3 is 2.74 bits per heavy atom. The van der Waals surface area contributed by atoms with E-state index in [-0.39, 0.29) is 11.9 Å². The van der Waals surface area contributed by atoms with Gasteiger partial charge in [0.2, 0.25) is 5.91 Å². The highest BCUT2D eigenvalue weighted by Gasteiger charge is 2.26. The Bertz CT molecular complexity index is 964. The summed E-state index contributed by atoms with van der Waals surface area (Å²) >= 11 is 0. The van der Waals surface area contributed by atoms with Gasteiger partial charge in [-0.2, -0.15) is 5.10 Å². The molecule has 0 aliphatic heterocycles. The van der Waals surface area contributed by atoms with Gasteiger partial charge in [0.25, 0.3) is 0 Å². The van der Waals surface area contributed by atoms with Crippen LogP contribution in [0.5, 0.6) is 0 Å². The van der Waals surface area contributed by atoms with Crippen molar-refractivity contribution in [1.82, 2.24) is 25.1 Å². The summed E-state index contributed by atoms with van der Waals surface area (Å²) in [5, 5.41) is 7.68. The average Bonchev–Trinajstić information content (AvgIpc) is 3.14. The van der Waals surface area contributed by atoms with Crippen molar-refractivity contribution in [3.05, 3.63) is 53.9 Å². The van der Waals surface area contributed by atoms with Crippen LogP contribution in [-0.2, 0) is 24.7 Å². The monoisotopic (exact) mass is 361 g/mol. The summed E-state index contributed by atoms with van der Waals surface area (Å²) < 4.78 is 1.78. The number of aryl methyl sites for hydroxylation is 2. The lowest BCUT2D eigenvalue weighted by Gasteiger charge is -2.26. The molecule has 2 heterocycles. The highest BCUT2D eigenvalue weighted by Crippen LogP contribution is 2.31. The standard InChI is InChI=1S/C21H23N5O/c1-3-19(27)22-15-9-10-17-16(13-15)20(18-11-12-26(2)25-18)24-21(23-17)14-7-5-4-6-8-14/h4-8,11-12,15H,3,9-10,13H2,1-2H3,(H,22,27). The van der Waals surface area contributed by atoms with Crippen molar-refractivity contribution in [1.29, 1.82) is 0 Å². The van der Waals surface area contributed by atoms with E-state index in [2.05, 4.69) is 10.4 Å². The summed E-state index contributed by atoms with van der Waals surface area (Å²) in [6, 6.07) is 12.1. The molecule has 0 saturated carbocycles. The average molecular weight is 361 g/mol. The molecule has 1 atom stereocenters. The van der Waals surface area contributed by atoms with Crippen LogP contribution < -0.4 is 5.32 Å². The molecule has 27 heavy (non-hydrogen) atoms. The van der Waals surface area contributed by atoms with Gasteiger partial charge in [-0.25, -0.2) is 9.97 Å². The summed E-state index contributed by atoms with van der Waals surface area (Å²) in [5.74, 6) is 0.815. The van der Waals surface area contributed by atoms with E-state index >= 15 is 0 Å². The Labute approximate surface area is 158 Å². The topological polar surface area (TPSA) is 72.7 Å². The highest BCUT2D eigenvalue weighted by atomic mass is 16.1. The first-order valence-corrected chi connectivity index (χ1v) is 9.38. The molecule has 3 aromatic rings. The molecular formula is C21H23N5O. The number of aromatic nitrogens is 4. The van der Waals surface area contributed by atoms with Gasteiger partial charge in [0.05, 0.1) is 5.69 Å². The van der Waals surface area contributed by atoms with Gasteiger partial charge in [0.15, 0.2) is 5.82 Å². The second kappa shape index (κ2) is 7.31. The van der Waals surface area contributed by atoms with Crippen LogP contribution in [-0.4, -0.2) is 31.7 Å². The zero-order chi connectivity index (χ0) is 18.8. The zero-order valence-corrected chi connectivity index (χ0v) is 15.6. The SMILES string of the molecule is CCC(=O)NC1CCc2nc(-c3ccccc3)nc(-c3ccn(C)n3)c2C1. The van der Waals surface area contributed by atoms with E-state index < -0.39 is 0 Å². The Kier molecular flexibility index (Phi) is 4.71. The second-order valence-electron chi connectivity index (χ2n) is 6.92. The van der Waals surface area contributed by atoms with Crippen molar-refractivity contribution in [2.24, 2.45) is 7.05 Å². The number of amides is 1. The first kappa shape index (κ1) is 17.4. The van der Waals surface area contributed by atoms with Gasteiger partial charge in [-0.3, -0.25) is 9.48 Å². The lowest BCUT2D eigenvalue weighted by Crippen LogP contribution is -2.39. The van der Waals surface area contributed by atoms with Crippen LogP contribution in [0.15, 0.2) is 42.6 Å². The molecule has 138 valence electrons. The first-order chi connectivity index (χ1) is 13.1. The van der Waals surface area contributed by atoms with Crippen LogP contribution >= 0.6 is 0 Å². The molecule has 0 fully saturated rings. The molecule has 1 aromatic carbocycles. The summed E-state index contributed by atoms with van der Waals surface area (Å²) in [5.41, 5.74) is 4.87. The van der Waals surface area contributed by atoms with Crippen LogP contribution in [0, 0.1) is 0 Å². The molecule has 0 saturated heterocycles. The Hall–Kier alpha value is -3.02. The maximum atomic E-state index is 11.8. The summed E-state index contributed by atoms with van der Waals surface area (Å²) in [6.07, 6.45) is 4.88. The summed E-state index contributed by atoms with van der Waals surface area (Å²) in [4.78, 5) is 21.6. The largest absolute Gasteiger partial charge is 0.353 e. The second-order valence-corrected chi connectivity index (χ2v) is 6.92. The number of benzene rings is 1. The molecule has 2 aromatic heterocycles. The fraction of sp³-hybridized carbons (Fsp3) is 0.333. The van der Waals surface area contributed by atoms with E-state index in [9.17, 15) is 4.79 Å². The maximum Gasteiger partial charge on any atom is 0.219 e. The molecule has 0 spiro atoms. The number of rotatable bonds is 4. The maximum absolute atomic E-state index is 11.8. The number of carbonyl (C=O) groups is 1. The molecule has 1 aliphatic carbocycles. The lowest BCUT2D eigenvalue weighted by atomic mass is 9.89. The van der Waals surface area contributed by atoms with Crippen molar-refractivity contribution in [3.63, 3.8) is 0 Å². The van der Waals surface area contributed by atoms with Crippen LogP contribution in [0.3, 0.4) is 0 Å². The number of carbonyl (C=O) groups excluding carboxylic acids is 1. The van der Waals surface area contributed by atoms with Crippen LogP contribution in [0.2, 0.25) is 0 Å². The van der Waals surface area contributed by atoms with Crippen molar-refractivity contribution >= 4 is 5.91 Å². The fourth-order valence-electron chi connectivity index (χ4n) is 3.53. The minimum absolute atomic E-state index is 0.0876. The van der Waals surface area contributed by atoms with Gasteiger partial charge >= 0.3 is 0 Å². The molecule has 1 N–H and O–H groups in total. The molecule has 4 rings (SSSR count). The van der Waals surface area contributed by atoms with E-state index in [1.807, 2.05) is 56.6 Å². The van der Waals surface area contributed by atoms with E-state index in [1.165, 1.54) is 0 Å². The van der Waals surface area contributed by atoms with Gasteiger partial charge in [0.1, 0.15) is 5.69 Å². The third-order valence-electron chi connectivity index (χ3n) is 4.95. The van der Waals surface area contributed by atoms with Crippen molar-refractivity contribution < 1.29 is 4.79 Å². The Morgan fingerprint density at radius 2 is 2.04 bits per heavy atom. The van der Waals surface area contributed by atoms with Crippen molar-refractivity contribution in [2.75, 3.05) is 0 Å². The fourth-order valence-corrected chi connectivity index (χ4v) is 3.53. The minimum Gasteiger partial charge on any atom is -0.353 e. The quantitative estimate of drug-likeness (QED) is 0.775. The number of hydrogen-bond donors (Lipinski definition) is 1. The van der Waals surface area contributed by atoms with Gasteiger partial charge in [0, 0.05) is 42.5 Å². The normalized spacial score (nSPS) is 16.0. The number of nitrogens with one attached hydrogen (secondary N) is 1. The minimum atomic E-state index is 0.0876. The van der Waals surface area contributed by atoms with Crippen LogP contribution in [0.4, 0.5) is 0 Å². The number of fused-ring (bicyclic) bond motifs is 1. The molecule has 1 amide bonds. The predicted molar refractivity (Wildman–Crippen MR) is 104 cm³/mol. The first-order valence-electron chi connectivity index (χ1n) is 9.38. The zero-order valence-electron chi connectivity index (χ0n) is 15.6. The van der Waals surface area contributed by atoms with E-state index in [1.54, 1.807) is 4.68 Å². The van der Waals surface area contributed by atoms with Gasteiger partial charge < -0.3 is 5.32 Å². The third kappa shape index (κ3) is 3.60. The molecular weight excluding hydrogens is 338 g/mol. The predicted octanol–water partition coefficient (Wildman–Crippen LogP) is 2.93. The Morgan fingerprint density at radius 1 is 1.22 bits per heavy atom. The molecule has 0 bridgehead atoms. The Balaban J connectivity index is 1.78. The number of hydrogen-bond acceptors (Lipinski definition) is 4. The van der Waals surface area contributed by atoms with Gasteiger partial charge in [-0.05, 0) is 25.3 Å². The van der Waals surface area contributed by atoms with E-state index in [0.29, 0.717) is 6.42 Å². The molecule has 6 nitrogen and oxygen atoms in total. The van der Waals surface area contributed by atoms with Crippen LogP contribution in [0.25, 0.3) is 22.8 Å². The van der Waals surface area contributed by atoms with Gasteiger partial charge in [-0.1, -0.05) is 37.3 Å². The van der Waals surface area contributed by atoms with E-state index in [4.69, 9.17) is 9.97 Å². The lowest BCUT2D eigenvalue weighted by molar-refractivity contribution is -0.121. The van der Waals surface area contributed by atoms with Gasteiger partial charge in [-0.15, -0.1) is 0 Å². The molecule has 1 aliphatic rings. The molecule has 0 radical (unpaired) electrons. The smallest absolute Gasteiger partial charge is 0.219 e. The molecule has 1 unspecified atom stereocenters. The number of nitrogens with zero attached hydrogens (tertiary/aromatic N) is 4. The molecule has 6 heteroatoms. The van der Waals surface area contributed by atoms with Crippen LogP contribution in [0.1, 0.15) is 31.0 Å². The highest BCUT2D eigenvalue weighted by molar-refractivity contribution is 5.76. The third-order valence-corrected chi connectivity index (χ3v) is 4.95.